The van der Waals surface area contributed by atoms with Gasteiger partial charge in [0.05, 0.1) is 18.2 Å². The number of nitrogens with zero attached hydrogens (tertiary/aromatic N) is 1. The molecule has 0 aliphatic rings. The first-order valence-electron chi connectivity index (χ1n) is 5.23. The number of methoxy groups -OCH3 is 1. The summed E-state index contributed by atoms with van der Waals surface area (Å²) in [5, 5.41) is 2.11. The summed E-state index contributed by atoms with van der Waals surface area (Å²) in [6.45, 7) is 0. The van der Waals surface area contributed by atoms with Gasteiger partial charge in [-0.3, -0.25) is 4.98 Å². The molecule has 0 amide bonds. The molecule has 0 aliphatic heterocycles. The molecule has 0 atom stereocenters. The van der Waals surface area contributed by atoms with Gasteiger partial charge in [-0.25, -0.2) is 18.0 Å². The number of nitrogens with one attached hydrogen (secondary N) is 1. The average Bonchev–Trinajstić information content (AvgIpc) is 2.42. The lowest BCUT2D eigenvalue weighted by Gasteiger charge is -2.11. The highest BCUT2D eigenvalue weighted by Gasteiger charge is 2.22. The van der Waals surface area contributed by atoms with E-state index in [0.29, 0.717) is 6.07 Å². The van der Waals surface area contributed by atoms with Crippen molar-refractivity contribution < 1.29 is 22.7 Å². The summed E-state index contributed by atoms with van der Waals surface area (Å²) in [7, 11) is 2.53. The number of anilines is 1. The van der Waals surface area contributed by atoms with Crippen LogP contribution in [0.15, 0.2) is 12.3 Å². The van der Waals surface area contributed by atoms with Crippen molar-refractivity contribution in [2.45, 2.75) is 0 Å². The van der Waals surface area contributed by atoms with Gasteiger partial charge in [0.25, 0.3) is 0 Å². The van der Waals surface area contributed by atoms with Crippen LogP contribution < -0.4 is 5.32 Å². The highest BCUT2D eigenvalue weighted by Crippen LogP contribution is 2.31. The largest absolute Gasteiger partial charge is 0.465 e. The van der Waals surface area contributed by atoms with Gasteiger partial charge < -0.3 is 10.1 Å². The Morgan fingerprint density at radius 1 is 1.32 bits per heavy atom. The van der Waals surface area contributed by atoms with Crippen LogP contribution in [0.25, 0.3) is 10.9 Å². The van der Waals surface area contributed by atoms with Crippen LogP contribution in [-0.4, -0.2) is 25.1 Å². The number of ether oxygens (including phenoxy) is 1. The molecule has 1 aromatic heterocycles. The van der Waals surface area contributed by atoms with Gasteiger partial charge >= 0.3 is 5.97 Å². The zero-order valence-corrected chi connectivity index (χ0v) is 10.1. The fraction of sp³-hybridized carbons (Fsp3) is 0.167. The molecule has 0 fully saturated rings. The first-order valence-corrected chi connectivity index (χ1v) is 5.23. The molecule has 100 valence electrons. The zero-order chi connectivity index (χ0) is 14.2. The molecule has 4 nitrogen and oxygen atoms in total. The van der Waals surface area contributed by atoms with E-state index >= 15 is 0 Å². The van der Waals surface area contributed by atoms with Crippen molar-refractivity contribution in [2.24, 2.45) is 0 Å². The second-order valence-electron chi connectivity index (χ2n) is 3.67. The van der Waals surface area contributed by atoms with E-state index in [1.165, 1.54) is 7.05 Å². The molecule has 2 rings (SSSR count). The van der Waals surface area contributed by atoms with Gasteiger partial charge in [-0.15, -0.1) is 0 Å². The molecule has 0 radical (unpaired) electrons. The third kappa shape index (κ3) is 1.96. The molecule has 0 unspecified atom stereocenters. The van der Waals surface area contributed by atoms with E-state index in [1.54, 1.807) is 0 Å². The first-order chi connectivity index (χ1) is 9.01. The predicted octanol–water partition coefficient (Wildman–Crippen LogP) is 2.48. The lowest BCUT2D eigenvalue weighted by atomic mass is 10.1. The lowest BCUT2D eigenvalue weighted by molar-refractivity contribution is 0.0601. The van der Waals surface area contributed by atoms with Gasteiger partial charge in [0.15, 0.2) is 17.5 Å². The molecule has 1 aromatic carbocycles. The van der Waals surface area contributed by atoms with E-state index in [9.17, 15) is 18.0 Å². The second-order valence-corrected chi connectivity index (χ2v) is 3.67. The molecule has 1 heterocycles. The third-order valence-corrected chi connectivity index (χ3v) is 2.64. The number of hydrogen-bond donors (Lipinski definition) is 1. The Hall–Kier alpha value is -2.31. The Balaban J connectivity index is 2.93. The number of esters is 1. The number of halogens is 3. The minimum atomic E-state index is -1.36. The highest BCUT2D eigenvalue weighted by molar-refractivity contribution is 6.05. The van der Waals surface area contributed by atoms with E-state index in [2.05, 4.69) is 15.0 Å². The van der Waals surface area contributed by atoms with Crippen LogP contribution in [0.5, 0.6) is 0 Å². The molecule has 0 bridgehead atoms. The number of rotatable bonds is 2. The summed E-state index contributed by atoms with van der Waals surface area (Å²) in [4.78, 5) is 15.1. The van der Waals surface area contributed by atoms with Crippen LogP contribution in [0.2, 0.25) is 0 Å². The van der Waals surface area contributed by atoms with Crippen molar-refractivity contribution in [2.75, 3.05) is 19.5 Å². The van der Waals surface area contributed by atoms with Crippen molar-refractivity contribution in [1.82, 2.24) is 4.98 Å². The van der Waals surface area contributed by atoms with Crippen molar-refractivity contribution in [1.29, 1.82) is 0 Å². The summed E-state index contributed by atoms with van der Waals surface area (Å²) >= 11 is 0. The normalized spacial score (nSPS) is 10.6. The molecule has 0 spiro atoms. The highest BCUT2D eigenvalue weighted by atomic mass is 19.2. The predicted molar refractivity (Wildman–Crippen MR) is 62.5 cm³/mol. The van der Waals surface area contributed by atoms with Gasteiger partial charge in [-0.2, -0.15) is 0 Å². The van der Waals surface area contributed by atoms with E-state index in [0.717, 1.165) is 13.3 Å². The Kier molecular flexibility index (Phi) is 3.28. The zero-order valence-electron chi connectivity index (χ0n) is 10.1. The Morgan fingerprint density at radius 2 is 2.00 bits per heavy atom. The van der Waals surface area contributed by atoms with Gasteiger partial charge in [-0.05, 0) is 0 Å². The minimum Gasteiger partial charge on any atom is -0.465 e. The maximum absolute atomic E-state index is 13.8. The van der Waals surface area contributed by atoms with Crippen LogP contribution >= 0.6 is 0 Å². The quantitative estimate of drug-likeness (QED) is 0.673. The number of hydrogen-bond acceptors (Lipinski definition) is 4. The Bertz CT molecular complexity index is 674. The lowest BCUT2D eigenvalue weighted by Crippen LogP contribution is -2.09. The standard InChI is InChI=1S/C12H9F3N2O2/c1-16-10-5(12(18)19-2)4-17-11-7(14)3-6(13)9(15)8(10)11/h3-4H,1-2H3,(H,16,17). The fourth-order valence-electron chi connectivity index (χ4n) is 1.79. The second kappa shape index (κ2) is 4.75. The van der Waals surface area contributed by atoms with Crippen molar-refractivity contribution in [3.8, 4) is 0 Å². The van der Waals surface area contributed by atoms with Crippen molar-refractivity contribution in [3.63, 3.8) is 0 Å². The SMILES string of the molecule is CNc1c(C(=O)OC)cnc2c(F)cc(F)c(F)c12. The van der Waals surface area contributed by atoms with Crippen LogP contribution in [0, 0.1) is 17.5 Å². The van der Waals surface area contributed by atoms with Gasteiger partial charge in [0.1, 0.15) is 11.1 Å². The van der Waals surface area contributed by atoms with E-state index < -0.39 is 28.8 Å². The third-order valence-electron chi connectivity index (χ3n) is 2.64. The molecular weight excluding hydrogens is 261 g/mol. The van der Waals surface area contributed by atoms with Crippen molar-refractivity contribution >= 4 is 22.6 Å². The molecule has 0 saturated carbocycles. The minimum absolute atomic E-state index is 0.0762. The summed E-state index contributed by atoms with van der Waals surface area (Å²) in [6, 6.07) is 0.405. The molecule has 7 heteroatoms. The maximum atomic E-state index is 13.8. The molecule has 19 heavy (non-hydrogen) atoms. The number of benzene rings is 1. The Morgan fingerprint density at radius 3 is 2.58 bits per heavy atom. The number of carbonyl (C=O) groups excluding carboxylic acids is 1. The first kappa shape index (κ1) is 13.1. The molecule has 2 aromatic rings. The molecular formula is C12H9F3N2O2. The van der Waals surface area contributed by atoms with E-state index in [-0.39, 0.29) is 16.8 Å². The van der Waals surface area contributed by atoms with E-state index in [1.807, 2.05) is 0 Å². The summed E-state index contributed by atoms with van der Waals surface area (Å²) in [6.07, 6.45) is 1.04. The topological polar surface area (TPSA) is 51.2 Å². The molecule has 1 N–H and O–H groups in total. The van der Waals surface area contributed by atoms with Crippen LogP contribution in [-0.2, 0) is 4.74 Å². The summed E-state index contributed by atoms with van der Waals surface area (Å²) in [5.74, 6) is -4.44. The van der Waals surface area contributed by atoms with Crippen LogP contribution in [0.3, 0.4) is 0 Å². The maximum Gasteiger partial charge on any atom is 0.341 e. The number of carbonyl (C=O) groups is 1. The van der Waals surface area contributed by atoms with Gasteiger partial charge in [0.2, 0.25) is 0 Å². The molecule has 0 aliphatic carbocycles. The van der Waals surface area contributed by atoms with E-state index in [4.69, 9.17) is 0 Å². The average molecular weight is 270 g/mol. The fourth-order valence-corrected chi connectivity index (χ4v) is 1.79. The summed E-state index contributed by atoms with van der Waals surface area (Å²) < 4.78 is 45.1. The van der Waals surface area contributed by atoms with Gasteiger partial charge in [-0.1, -0.05) is 0 Å². The van der Waals surface area contributed by atoms with Gasteiger partial charge in [0, 0.05) is 19.3 Å². The Labute approximate surface area is 106 Å². The van der Waals surface area contributed by atoms with Crippen LogP contribution in [0.4, 0.5) is 18.9 Å². The van der Waals surface area contributed by atoms with Crippen LogP contribution in [0.1, 0.15) is 10.4 Å². The molecule has 0 saturated heterocycles. The smallest absolute Gasteiger partial charge is 0.341 e. The summed E-state index contributed by atoms with van der Waals surface area (Å²) in [5.41, 5.74) is -0.551. The number of pyridine rings is 1. The monoisotopic (exact) mass is 270 g/mol. The number of fused-ring (bicyclic) bond motifs is 1. The number of aromatic nitrogens is 1. The van der Waals surface area contributed by atoms with Crippen molar-refractivity contribution in [3.05, 3.63) is 35.3 Å².